The molecule has 0 bridgehead atoms. The summed E-state index contributed by atoms with van der Waals surface area (Å²) in [5.41, 5.74) is 1.44. The molecular weight excluding hydrogens is 617 g/mol. The largest absolute Gasteiger partial charge is 0.386 e. The van der Waals surface area contributed by atoms with E-state index >= 15 is 0 Å². The average molecular weight is 642 g/mol. The molecule has 2 aromatic carbocycles. The maximum atomic E-state index is 10.8. The molecule has 0 aromatic heterocycles. The molecule has 0 saturated heterocycles. The first kappa shape index (κ1) is 26.9. The van der Waals surface area contributed by atoms with Crippen molar-refractivity contribution in [1.82, 2.24) is 0 Å². The van der Waals surface area contributed by atoms with Crippen LogP contribution < -0.4 is 0 Å². The average Bonchev–Trinajstić information content (AvgIpc) is 3.15. The van der Waals surface area contributed by atoms with Gasteiger partial charge in [0.1, 0.15) is 0 Å². The SMILES string of the molecule is CC.CCC.O=C1OC(=O)c2ccccc21.O=C1OC(=O)c2ccccc21.[CH3-].[Fm]. The number of carbonyl (C=O) groups excluding carboxylic acids is 4. The first-order chi connectivity index (χ1) is 13.0. The van der Waals surface area contributed by atoms with Gasteiger partial charge >= 0.3 is 23.9 Å². The smallest absolute Gasteiger partial charge is 0.346 e. The van der Waals surface area contributed by atoms with Crippen LogP contribution in [-0.4, -0.2) is 23.9 Å². The molecule has 2 aliphatic heterocycles. The summed E-state index contributed by atoms with van der Waals surface area (Å²) in [4.78, 5) is 43.3. The van der Waals surface area contributed by atoms with Gasteiger partial charge in [-0.2, -0.15) is 0 Å². The second kappa shape index (κ2) is 13.0. The summed E-state index contributed by atoms with van der Waals surface area (Å²) in [6, 6.07) is 13.1. The summed E-state index contributed by atoms with van der Waals surface area (Å²) in [7, 11) is 0. The Morgan fingerprint density at radius 3 is 0.931 bits per heavy atom. The Morgan fingerprint density at radius 1 is 0.586 bits per heavy atom. The summed E-state index contributed by atoms with van der Waals surface area (Å²) in [6.45, 7) is 8.25. The fourth-order valence-corrected chi connectivity index (χ4v) is 2.07. The van der Waals surface area contributed by atoms with E-state index in [4.69, 9.17) is 0 Å². The molecule has 0 N–H and O–H groups in total. The number of hydrogen-bond donors (Lipinski definition) is 0. The third-order valence-electron chi connectivity index (χ3n) is 3.10. The van der Waals surface area contributed by atoms with E-state index in [1.54, 1.807) is 48.5 Å². The molecular formula is C22H25FmO6-. The Bertz CT molecular complexity index is 709. The molecule has 0 unspecified atom stereocenters. The molecule has 6 nitrogen and oxygen atoms in total. The van der Waals surface area contributed by atoms with Gasteiger partial charge in [0.15, 0.2) is 0 Å². The quantitative estimate of drug-likeness (QED) is 0.231. The van der Waals surface area contributed by atoms with Crippen molar-refractivity contribution in [2.75, 3.05) is 0 Å². The summed E-state index contributed by atoms with van der Waals surface area (Å²) < 4.78 is 8.71. The van der Waals surface area contributed by atoms with E-state index in [-0.39, 0.29) is 7.43 Å². The predicted octanol–water partition coefficient (Wildman–Crippen LogP) is 4.89. The molecule has 2 aliphatic rings. The van der Waals surface area contributed by atoms with Crippen LogP contribution in [0.5, 0.6) is 0 Å². The standard InChI is InChI=1S/2C8H4O3.C3H8.C2H6.CH3.Fm/c2*9-7-5-3-1-2-4-6(5)8(10)11-7;1-3-2;1-2;;/h2*1-4H;3H2,1-2H3;1-2H3;1H3;/q;;;;-1;. The van der Waals surface area contributed by atoms with Gasteiger partial charge in [-0.1, -0.05) is 58.4 Å². The Morgan fingerprint density at radius 2 is 0.759 bits per heavy atom. The number of benzene rings is 2. The molecule has 4 rings (SSSR count). The fraction of sp³-hybridized carbons (Fsp3) is 0.227. The van der Waals surface area contributed by atoms with E-state index in [2.05, 4.69) is 23.3 Å². The summed E-state index contributed by atoms with van der Waals surface area (Å²) in [5, 5.41) is 0. The van der Waals surface area contributed by atoms with E-state index in [1.807, 2.05) is 13.8 Å². The molecule has 0 atom stereocenters. The third-order valence-corrected chi connectivity index (χ3v) is 3.10. The number of cyclic esters (lactones) is 4. The van der Waals surface area contributed by atoms with Crippen LogP contribution in [0.25, 0.3) is 0 Å². The summed E-state index contributed by atoms with van der Waals surface area (Å²) in [6.07, 6.45) is 1.25. The van der Waals surface area contributed by atoms with Gasteiger partial charge in [0.2, 0.25) is 0 Å². The first-order valence-corrected chi connectivity index (χ1v) is 8.70. The van der Waals surface area contributed by atoms with Gasteiger partial charge in [-0.15, -0.1) is 0 Å². The van der Waals surface area contributed by atoms with Gasteiger partial charge < -0.3 is 16.9 Å². The normalized spacial score (nSPS) is 11.9. The number of carbonyl (C=O) groups is 4. The Labute approximate surface area is 165 Å². The van der Waals surface area contributed by atoms with Crippen molar-refractivity contribution in [3.8, 4) is 0 Å². The van der Waals surface area contributed by atoms with E-state index in [9.17, 15) is 19.2 Å². The first-order valence-electron chi connectivity index (χ1n) is 8.70. The molecule has 0 radical (unpaired) electrons. The number of ether oxygens (including phenoxy) is 2. The maximum Gasteiger partial charge on any atom is 0.346 e. The van der Waals surface area contributed by atoms with Crippen molar-refractivity contribution >= 4 is 23.9 Å². The van der Waals surface area contributed by atoms with Crippen molar-refractivity contribution in [2.45, 2.75) is 34.1 Å². The Kier molecular flexibility index (Phi) is 12.1. The molecule has 7 heteroatoms. The minimum absolute atomic E-state index is 0. The maximum absolute atomic E-state index is 10.8. The minimum Gasteiger partial charge on any atom is -0.386 e. The van der Waals surface area contributed by atoms with Gasteiger partial charge in [-0.05, 0) is 24.3 Å². The predicted molar refractivity (Wildman–Crippen MR) is 106 cm³/mol. The van der Waals surface area contributed by atoms with Crippen LogP contribution in [0, 0.1) is 7.43 Å². The van der Waals surface area contributed by atoms with Crippen molar-refractivity contribution in [1.29, 1.82) is 0 Å². The number of hydrogen-bond acceptors (Lipinski definition) is 6. The second-order valence-electron chi connectivity index (χ2n) is 5.15. The van der Waals surface area contributed by atoms with Gasteiger partial charge in [-0.3, -0.25) is 0 Å². The van der Waals surface area contributed by atoms with Crippen molar-refractivity contribution in [3.63, 3.8) is 0 Å². The third kappa shape index (κ3) is 6.43. The van der Waals surface area contributed by atoms with Crippen LogP contribution >= 0.6 is 0 Å². The number of rotatable bonds is 0. The molecule has 2 heterocycles. The monoisotopic (exact) mass is 642 g/mol. The zero-order chi connectivity index (χ0) is 20.4. The van der Waals surface area contributed by atoms with Crippen molar-refractivity contribution < 1.29 is 28.7 Å². The Balaban J connectivity index is 0. The summed E-state index contributed by atoms with van der Waals surface area (Å²) in [5.74, 6) is -2.20. The van der Waals surface area contributed by atoms with Gasteiger partial charge in [-0.25, -0.2) is 19.2 Å². The molecule has 0 fully saturated rings. The second-order valence-corrected chi connectivity index (χ2v) is 5.15. The van der Waals surface area contributed by atoms with Crippen LogP contribution in [-0.2, 0) is 9.47 Å². The molecule has 2 aromatic rings. The van der Waals surface area contributed by atoms with Crippen LogP contribution in [0.1, 0.15) is 75.5 Å². The molecule has 162 valence electrons. The van der Waals surface area contributed by atoms with Gasteiger partial charge in [0, 0.05) is 0 Å². The topological polar surface area (TPSA) is 86.7 Å². The van der Waals surface area contributed by atoms with Gasteiger partial charge in [0.25, 0.3) is 0 Å². The molecule has 0 aliphatic carbocycles. The van der Waals surface area contributed by atoms with E-state index in [0.717, 1.165) is 0 Å². The van der Waals surface area contributed by atoms with Crippen LogP contribution in [0.3, 0.4) is 0 Å². The molecule has 29 heavy (non-hydrogen) atoms. The summed E-state index contributed by atoms with van der Waals surface area (Å²) >= 11 is 0. The van der Waals surface area contributed by atoms with E-state index < -0.39 is 23.9 Å². The fourth-order valence-electron chi connectivity index (χ4n) is 2.07. The number of fused-ring (bicyclic) bond motifs is 2. The zero-order valence-corrected chi connectivity index (χ0v) is 19.5. The zero-order valence-electron chi connectivity index (χ0n) is 17.1. The van der Waals surface area contributed by atoms with Gasteiger partial charge in [0.05, 0.1) is 22.3 Å². The van der Waals surface area contributed by atoms with E-state index in [0.29, 0.717) is 22.3 Å². The van der Waals surface area contributed by atoms with Crippen LogP contribution in [0.2, 0.25) is 0 Å². The van der Waals surface area contributed by atoms with Crippen molar-refractivity contribution in [2.24, 2.45) is 0 Å². The minimum atomic E-state index is -0.550. The molecule has 0 saturated carbocycles. The molecule has 0 spiro atoms. The van der Waals surface area contributed by atoms with E-state index in [1.165, 1.54) is 6.42 Å². The number of esters is 4. The Hall–Kier alpha value is -4.28. The van der Waals surface area contributed by atoms with Crippen LogP contribution in [0.15, 0.2) is 48.5 Å². The van der Waals surface area contributed by atoms with Crippen molar-refractivity contribution in [3.05, 3.63) is 78.2 Å². The molecule has 0 amide bonds. The van der Waals surface area contributed by atoms with Crippen LogP contribution in [0.4, 0.5) is 0 Å².